The summed E-state index contributed by atoms with van der Waals surface area (Å²) >= 11 is 0. The molecule has 1 aliphatic heterocycles. The molecule has 0 aliphatic carbocycles. The average Bonchev–Trinajstić information content (AvgIpc) is 3.24. The fourth-order valence-corrected chi connectivity index (χ4v) is 3.87. The van der Waals surface area contributed by atoms with Gasteiger partial charge in [0.2, 0.25) is 6.79 Å². The molecule has 1 aliphatic rings. The van der Waals surface area contributed by atoms with E-state index in [2.05, 4.69) is 4.57 Å². The van der Waals surface area contributed by atoms with Gasteiger partial charge < -0.3 is 24.9 Å². The molecule has 3 aromatic rings. The smallest absolute Gasteiger partial charge is 0.251 e. The van der Waals surface area contributed by atoms with E-state index in [0.29, 0.717) is 18.5 Å². The molecule has 6 heteroatoms. The van der Waals surface area contributed by atoms with E-state index in [4.69, 9.17) is 15.2 Å². The standard InChI is InChI=1S/C22H22N2O4/c1-3-17-21(15-5-4-6-16(25)10-15)20(22(23)26)13(2)24(17)11-14-7-8-18-19(9-14)28-12-27-18/h4-10,25H,3,11-12H2,1-2H3,(H2,23,26). The van der Waals surface area contributed by atoms with Crippen molar-refractivity contribution < 1.29 is 19.4 Å². The number of ether oxygens (including phenoxy) is 2. The number of phenolic OH excluding ortho intramolecular Hbond substituents is 1. The second kappa shape index (κ2) is 6.96. The molecule has 2 aromatic carbocycles. The summed E-state index contributed by atoms with van der Waals surface area (Å²) in [5.41, 5.74) is 10.6. The predicted octanol–water partition coefficient (Wildman–Crippen LogP) is 3.61. The summed E-state index contributed by atoms with van der Waals surface area (Å²) in [5, 5.41) is 9.92. The van der Waals surface area contributed by atoms with E-state index in [-0.39, 0.29) is 12.5 Å². The van der Waals surface area contributed by atoms with Crippen molar-refractivity contribution >= 4 is 5.91 Å². The maximum absolute atomic E-state index is 12.3. The Morgan fingerprint density at radius 1 is 1.18 bits per heavy atom. The van der Waals surface area contributed by atoms with Crippen LogP contribution in [0.2, 0.25) is 0 Å². The molecule has 1 amide bonds. The lowest BCUT2D eigenvalue weighted by molar-refractivity contribution is 0.1000. The molecule has 3 N–H and O–H groups in total. The van der Waals surface area contributed by atoms with Crippen LogP contribution < -0.4 is 15.2 Å². The minimum Gasteiger partial charge on any atom is -0.508 e. The number of nitrogens with two attached hydrogens (primary N) is 1. The average molecular weight is 378 g/mol. The Hall–Kier alpha value is -3.41. The SMILES string of the molecule is CCc1c(-c2cccc(O)c2)c(C(N)=O)c(C)n1Cc1ccc2c(c1)OCO2. The third kappa shape index (κ3) is 2.97. The van der Waals surface area contributed by atoms with Gasteiger partial charge in [-0.2, -0.15) is 0 Å². The summed E-state index contributed by atoms with van der Waals surface area (Å²) in [7, 11) is 0. The van der Waals surface area contributed by atoms with Gasteiger partial charge in [0, 0.05) is 23.5 Å². The number of fused-ring (bicyclic) bond motifs is 1. The van der Waals surface area contributed by atoms with Crippen LogP contribution in [0.15, 0.2) is 42.5 Å². The van der Waals surface area contributed by atoms with Crippen LogP contribution in [0.3, 0.4) is 0 Å². The van der Waals surface area contributed by atoms with E-state index in [1.54, 1.807) is 18.2 Å². The second-order valence-corrected chi connectivity index (χ2v) is 6.82. The minimum absolute atomic E-state index is 0.149. The number of primary amides is 1. The highest BCUT2D eigenvalue weighted by atomic mass is 16.7. The zero-order valence-corrected chi connectivity index (χ0v) is 15.9. The van der Waals surface area contributed by atoms with E-state index < -0.39 is 5.91 Å². The monoisotopic (exact) mass is 378 g/mol. The van der Waals surface area contributed by atoms with Crippen molar-refractivity contribution in [3.05, 3.63) is 65.0 Å². The predicted molar refractivity (Wildman–Crippen MR) is 106 cm³/mol. The summed E-state index contributed by atoms with van der Waals surface area (Å²) in [6.07, 6.45) is 0.712. The molecular formula is C22H22N2O4. The van der Waals surface area contributed by atoms with Crippen molar-refractivity contribution in [2.75, 3.05) is 6.79 Å². The van der Waals surface area contributed by atoms with E-state index in [1.165, 1.54) is 0 Å². The van der Waals surface area contributed by atoms with E-state index in [1.807, 2.05) is 38.1 Å². The number of carbonyl (C=O) groups excluding carboxylic acids is 1. The van der Waals surface area contributed by atoms with Gasteiger partial charge >= 0.3 is 0 Å². The lowest BCUT2D eigenvalue weighted by atomic mass is 9.98. The van der Waals surface area contributed by atoms with Crippen LogP contribution in [0.1, 0.15) is 34.2 Å². The van der Waals surface area contributed by atoms with Crippen molar-refractivity contribution in [2.45, 2.75) is 26.8 Å². The first-order valence-corrected chi connectivity index (χ1v) is 9.19. The number of hydrogen-bond donors (Lipinski definition) is 2. The van der Waals surface area contributed by atoms with Crippen LogP contribution >= 0.6 is 0 Å². The third-order valence-corrected chi connectivity index (χ3v) is 5.12. The summed E-state index contributed by atoms with van der Waals surface area (Å²) in [5.74, 6) is 1.14. The first kappa shape index (κ1) is 18.0. The number of aromatic nitrogens is 1. The molecule has 0 spiro atoms. The Morgan fingerprint density at radius 2 is 1.96 bits per heavy atom. The van der Waals surface area contributed by atoms with Crippen molar-refractivity contribution in [3.63, 3.8) is 0 Å². The Morgan fingerprint density at radius 3 is 2.68 bits per heavy atom. The van der Waals surface area contributed by atoms with Crippen molar-refractivity contribution in [1.82, 2.24) is 4.57 Å². The van der Waals surface area contributed by atoms with Crippen LogP contribution in [0.25, 0.3) is 11.1 Å². The Labute approximate surface area is 163 Å². The van der Waals surface area contributed by atoms with Crippen molar-refractivity contribution in [2.24, 2.45) is 5.73 Å². The number of aromatic hydroxyl groups is 1. The van der Waals surface area contributed by atoms with Crippen molar-refractivity contribution in [3.8, 4) is 28.4 Å². The number of nitrogens with zero attached hydrogens (tertiary/aromatic N) is 1. The molecular weight excluding hydrogens is 356 g/mol. The van der Waals surface area contributed by atoms with Gasteiger partial charge in [-0.15, -0.1) is 0 Å². The summed E-state index contributed by atoms with van der Waals surface area (Å²) < 4.78 is 13.0. The molecule has 0 bridgehead atoms. The molecule has 0 saturated carbocycles. The van der Waals surface area contributed by atoms with Crippen LogP contribution in [0.4, 0.5) is 0 Å². The first-order valence-electron chi connectivity index (χ1n) is 9.19. The van der Waals surface area contributed by atoms with Gasteiger partial charge in [0.05, 0.1) is 5.56 Å². The van der Waals surface area contributed by atoms with Gasteiger partial charge in [0.15, 0.2) is 11.5 Å². The lowest BCUT2D eigenvalue weighted by Gasteiger charge is -2.13. The van der Waals surface area contributed by atoms with E-state index >= 15 is 0 Å². The van der Waals surface area contributed by atoms with Gasteiger partial charge in [-0.1, -0.05) is 25.1 Å². The van der Waals surface area contributed by atoms with Gasteiger partial charge in [0.25, 0.3) is 5.91 Å². The molecule has 2 heterocycles. The minimum atomic E-state index is -0.477. The fourth-order valence-electron chi connectivity index (χ4n) is 3.87. The molecule has 0 atom stereocenters. The number of rotatable bonds is 5. The molecule has 0 unspecified atom stereocenters. The zero-order chi connectivity index (χ0) is 19.8. The quantitative estimate of drug-likeness (QED) is 0.710. The lowest BCUT2D eigenvalue weighted by Crippen LogP contribution is -2.13. The Bertz CT molecular complexity index is 1070. The van der Waals surface area contributed by atoms with Gasteiger partial charge in [-0.25, -0.2) is 0 Å². The maximum atomic E-state index is 12.3. The number of phenols is 1. The number of hydrogen-bond acceptors (Lipinski definition) is 4. The number of benzene rings is 2. The molecule has 144 valence electrons. The topological polar surface area (TPSA) is 86.7 Å². The normalized spacial score (nSPS) is 12.4. The summed E-state index contributed by atoms with van der Waals surface area (Å²) in [4.78, 5) is 12.3. The molecule has 0 radical (unpaired) electrons. The largest absolute Gasteiger partial charge is 0.508 e. The molecule has 28 heavy (non-hydrogen) atoms. The Kier molecular flexibility index (Phi) is 4.47. The third-order valence-electron chi connectivity index (χ3n) is 5.12. The highest BCUT2D eigenvalue weighted by molar-refractivity contribution is 6.02. The zero-order valence-electron chi connectivity index (χ0n) is 15.9. The number of carbonyl (C=O) groups is 1. The molecule has 1 aromatic heterocycles. The molecule has 6 nitrogen and oxygen atoms in total. The molecule has 4 rings (SSSR count). The Balaban J connectivity index is 1.86. The van der Waals surface area contributed by atoms with Crippen LogP contribution in [-0.4, -0.2) is 22.4 Å². The van der Waals surface area contributed by atoms with Gasteiger partial charge in [-0.05, 0) is 48.7 Å². The van der Waals surface area contributed by atoms with E-state index in [0.717, 1.165) is 39.6 Å². The first-order chi connectivity index (χ1) is 13.5. The molecule has 0 saturated heterocycles. The highest BCUT2D eigenvalue weighted by Crippen LogP contribution is 2.36. The van der Waals surface area contributed by atoms with Crippen LogP contribution in [0, 0.1) is 6.92 Å². The van der Waals surface area contributed by atoms with Gasteiger partial charge in [-0.3, -0.25) is 4.79 Å². The van der Waals surface area contributed by atoms with Crippen LogP contribution in [0.5, 0.6) is 17.2 Å². The maximum Gasteiger partial charge on any atom is 0.251 e. The number of amides is 1. The molecule has 0 fully saturated rings. The van der Waals surface area contributed by atoms with E-state index in [9.17, 15) is 9.90 Å². The fraction of sp³-hybridized carbons (Fsp3) is 0.227. The summed E-state index contributed by atoms with van der Waals surface area (Å²) in [6.45, 7) is 4.75. The van der Waals surface area contributed by atoms with Crippen molar-refractivity contribution in [1.29, 1.82) is 0 Å². The summed E-state index contributed by atoms with van der Waals surface area (Å²) in [6, 6.07) is 12.8. The highest BCUT2D eigenvalue weighted by Gasteiger charge is 2.24. The second-order valence-electron chi connectivity index (χ2n) is 6.82. The van der Waals surface area contributed by atoms with Crippen LogP contribution in [-0.2, 0) is 13.0 Å². The van der Waals surface area contributed by atoms with Gasteiger partial charge in [0.1, 0.15) is 5.75 Å².